The number of benzene rings is 2. The Balaban J connectivity index is 1.66. The first-order chi connectivity index (χ1) is 16.8. The predicted octanol–water partition coefficient (Wildman–Crippen LogP) is -0.670. The summed E-state index contributed by atoms with van der Waals surface area (Å²) < 4.78 is 21.9. The smallest absolute Gasteiger partial charge is 0.311 e. The molecule has 3 N–H and O–H groups in total. The minimum absolute atomic E-state index is 0.0441. The first-order valence-electron chi connectivity index (χ1n) is 10.6. The summed E-state index contributed by atoms with van der Waals surface area (Å²) in [4.78, 5) is 35.3. The number of rotatable bonds is 7. The van der Waals surface area contributed by atoms with Gasteiger partial charge in [0.05, 0.1) is 17.8 Å². The van der Waals surface area contributed by atoms with Crippen LogP contribution in [0.2, 0.25) is 0 Å². The van der Waals surface area contributed by atoms with Gasteiger partial charge in [-0.15, -0.1) is 0 Å². The maximum atomic E-state index is 13.3. The van der Waals surface area contributed by atoms with Crippen LogP contribution in [0.25, 0.3) is 22.3 Å². The fourth-order valence-electron chi connectivity index (χ4n) is 3.62. The molecule has 2 heterocycles. The second kappa shape index (κ2) is 10.2. The third-order valence-electron chi connectivity index (χ3n) is 5.39. The normalized spacial score (nSPS) is 24.1. The number of esters is 1. The topological polar surface area (TPSA) is 176 Å². The molecule has 2 aromatic carbocycles. The number of carbonyl (C=O) groups is 2. The van der Waals surface area contributed by atoms with Crippen LogP contribution in [-0.2, 0) is 19.1 Å². The number of para-hydroxylation sites is 1. The number of carboxylic acids is 1. The van der Waals surface area contributed by atoms with Gasteiger partial charge < -0.3 is 43.8 Å². The van der Waals surface area contributed by atoms with E-state index in [1.54, 1.807) is 48.5 Å². The lowest BCUT2D eigenvalue weighted by molar-refractivity contribution is -0.305. The molecular formula is C24H21O11-. The van der Waals surface area contributed by atoms with E-state index in [0.717, 1.165) is 0 Å². The van der Waals surface area contributed by atoms with Crippen LogP contribution >= 0.6 is 0 Å². The summed E-state index contributed by atoms with van der Waals surface area (Å²) >= 11 is 0. The molecule has 1 fully saturated rings. The van der Waals surface area contributed by atoms with E-state index in [4.69, 9.17) is 18.6 Å². The van der Waals surface area contributed by atoms with Crippen molar-refractivity contribution >= 4 is 22.9 Å². The molecule has 0 amide bonds. The highest BCUT2D eigenvalue weighted by molar-refractivity contribution is 5.89. The average molecular weight is 485 g/mol. The second-order valence-electron chi connectivity index (χ2n) is 7.82. The molecule has 0 saturated carbocycles. The monoisotopic (exact) mass is 485 g/mol. The van der Waals surface area contributed by atoms with Crippen LogP contribution in [-0.4, -0.2) is 64.6 Å². The number of ether oxygens (including phenoxy) is 3. The molecule has 35 heavy (non-hydrogen) atoms. The third-order valence-corrected chi connectivity index (χ3v) is 5.39. The Morgan fingerprint density at radius 3 is 2.34 bits per heavy atom. The molecule has 0 bridgehead atoms. The first kappa shape index (κ1) is 24.4. The molecule has 11 nitrogen and oxygen atoms in total. The van der Waals surface area contributed by atoms with Gasteiger partial charge in [-0.1, -0.05) is 42.5 Å². The number of aliphatic hydroxyl groups excluding tert-OH is 3. The van der Waals surface area contributed by atoms with Crippen molar-refractivity contribution in [1.82, 2.24) is 0 Å². The quantitative estimate of drug-likeness (QED) is 0.286. The summed E-state index contributed by atoms with van der Waals surface area (Å²) in [6.07, 6.45) is -9.41. The fourth-order valence-corrected chi connectivity index (χ4v) is 3.62. The van der Waals surface area contributed by atoms with Gasteiger partial charge in [0.15, 0.2) is 5.76 Å². The minimum Gasteiger partial charge on any atom is -0.550 e. The van der Waals surface area contributed by atoms with Crippen LogP contribution < -0.4 is 15.3 Å². The Morgan fingerprint density at radius 1 is 0.943 bits per heavy atom. The third kappa shape index (κ3) is 5.17. The van der Waals surface area contributed by atoms with E-state index in [-0.39, 0.29) is 16.9 Å². The number of fused-ring (bicyclic) bond motifs is 1. The maximum absolute atomic E-state index is 13.3. The fraction of sp³-hybridized carbons (Fsp3) is 0.292. The molecule has 11 heteroatoms. The van der Waals surface area contributed by atoms with E-state index in [9.17, 15) is 34.8 Å². The van der Waals surface area contributed by atoms with Gasteiger partial charge in [-0.05, 0) is 12.1 Å². The first-order valence-corrected chi connectivity index (χ1v) is 10.6. The van der Waals surface area contributed by atoms with Crippen LogP contribution in [0.1, 0.15) is 6.42 Å². The van der Waals surface area contributed by atoms with Crippen LogP contribution in [0.15, 0.2) is 63.8 Å². The van der Waals surface area contributed by atoms with Gasteiger partial charge in [-0.25, -0.2) is 0 Å². The van der Waals surface area contributed by atoms with Crippen molar-refractivity contribution < 1.29 is 48.6 Å². The van der Waals surface area contributed by atoms with Gasteiger partial charge in [0.25, 0.3) is 0 Å². The van der Waals surface area contributed by atoms with Gasteiger partial charge in [0, 0.05) is 5.56 Å². The number of hydrogen-bond acceptors (Lipinski definition) is 11. The molecular weight excluding hydrogens is 464 g/mol. The summed E-state index contributed by atoms with van der Waals surface area (Å²) in [5.41, 5.74) is 0.213. The summed E-state index contributed by atoms with van der Waals surface area (Å²) in [6, 6.07) is 15.0. The number of hydrogen-bond donors (Lipinski definition) is 3. The lowest BCUT2D eigenvalue weighted by Crippen LogP contribution is -2.60. The molecule has 0 unspecified atom stereocenters. The lowest BCUT2D eigenvalue weighted by atomic mass is 9.99. The van der Waals surface area contributed by atoms with Crippen molar-refractivity contribution in [2.24, 2.45) is 0 Å². The summed E-state index contributed by atoms with van der Waals surface area (Å²) in [7, 11) is 0. The number of aliphatic hydroxyl groups is 3. The highest BCUT2D eigenvalue weighted by Gasteiger charge is 2.46. The van der Waals surface area contributed by atoms with Crippen LogP contribution in [0, 0.1) is 0 Å². The van der Waals surface area contributed by atoms with Gasteiger partial charge in [-0.3, -0.25) is 9.59 Å². The minimum atomic E-state index is -1.80. The van der Waals surface area contributed by atoms with Crippen molar-refractivity contribution in [3.05, 3.63) is 64.8 Å². The molecule has 1 saturated heterocycles. The number of aliphatic carboxylic acids is 1. The molecule has 0 aliphatic carbocycles. The number of carbonyl (C=O) groups excluding carboxylic acids is 2. The molecule has 184 valence electrons. The van der Waals surface area contributed by atoms with E-state index < -0.39 is 61.1 Å². The number of carboxylic acid groups (broad SMARTS) is 1. The summed E-state index contributed by atoms with van der Waals surface area (Å²) in [6.45, 7) is -0.658. The van der Waals surface area contributed by atoms with Crippen LogP contribution in [0.3, 0.4) is 0 Å². The van der Waals surface area contributed by atoms with E-state index in [1.165, 1.54) is 6.07 Å². The zero-order valence-corrected chi connectivity index (χ0v) is 18.1. The molecule has 1 aliphatic heterocycles. The van der Waals surface area contributed by atoms with Crippen molar-refractivity contribution in [2.45, 2.75) is 37.1 Å². The molecule has 3 aromatic rings. The highest BCUT2D eigenvalue weighted by atomic mass is 16.7. The molecule has 1 aromatic heterocycles. The zero-order valence-electron chi connectivity index (χ0n) is 18.1. The average Bonchev–Trinajstić information content (AvgIpc) is 2.85. The van der Waals surface area contributed by atoms with Crippen molar-refractivity contribution in [3.63, 3.8) is 0 Å². The molecule has 5 atom stereocenters. The maximum Gasteiger partial charge on any atom is 0.311 e. The molecule has 4 rings (SSSR count). The van der Waals surface area contributed by atoms with Crippen LogP contribution in [0.5, 0.6) is 5.75 Å². The molecule has 0 radical (unpaired) electrons. The highest BCUT2D eigenvalue weighted by Crippen LogP contribution is 2.33. The summed E-state index contributed by atoms with van der Waals surface area (Å²) in [5, 5.41) is 41.7. The zero-order chi connectivity index (χ0) is 25.1. The van der Waals surface area contributed by atoms with E-state index in [1.807, 2.05) is 0 Å². The Kier molecular flexibility index (Phi) is 7.12. The van der Waals surface area contributed by atoms with Crippen molar-refractivity contribution in [3.8, 4) is 17.1 Å². The van der Waals surface area contributed by atoms with Gasteiger partial charge in [-0.2, -0.15) is 0 Å². The predicted molar refractivity (Wildman–Crippen MR) is 116 cm³/mol. The molecule has 0 spiro atoms. The Labute approximate surface area is 197 Å². The van der Waals surface area contributed by atoms with Crippen molar-refractivity contribution in [1.29, 1.82) is 0 Å². The second-order valence-corrected chi connectivity index (χ2v) is 7.82. The van der Waals surface area contributed by atoms with Gasteiger partial charge in [0.2, 0.25) is 17.5 Å². The van der Waals surface area contributed by atoms with E-state index in [0.29, 0.717) is 11.1 Å². The lowest BCUT2D eigenvalue weighted by Gasteiger charge is -2.39. The summed E-state index contributed by atoms with van der Waals surface area (Å²) in [5.74, 6) is -3.08. The van der Waals surface area contributed by atoms with Gasteiger partial charge >= 0.3 is 5.97 Å². The van der Waals surface area contributed by atoms with E-state index >= 15 is 0 Å². The molecule has 1 aliphatic rings. The Bertz CT molecular complexity index is 1270. The standard InChI is InChI=1S/C24H22O11/c25-16(26)10-17(27)32-11-15-19(29)20(30)21(31)24(34-15)35-23-18(28)13-8-4-5-9-14(13)33-22(23)12-6-2-1-3-7-12/h1-9,15,19-21,24,29-31H,10-11H2,(H,25,26)/p-1/t15-,19-,20+,21-,24+/m1/s1. The SMILES string of the molecule is O=C([O-])CC(=O)OC[C@H]1O[C@@H](Oc2c(-c3ccccc3)oc3ccccc3c2=O)[C@H](O)[C@@H](O)[C@@H]1O. The largest absolute Gasteiger partial charge is 0.550 e. The van der Waals surface area contributed by atoms with Crippen molar-refractivity contribution in [2.75, 3.05) is 6.61 Å². The van der Waals surface area contributed by atoms with Crippen LogP contribution in [0.4, 0.5) is 0 Å². The Hall–Kier alpha value is -3.77. The Morgan fingerprint density at radius 2 is 1.63 bits per heavy atom. The van der Waals surface area contributed by atoms with Gasteiger partial charge in [0.1, 0.15) is 36.6 Å². The van der Waals surface area contributed by atoms with E-state index in [2.05, 4.69) is 0 Å².